The first-order chi connectivity index (χ1) is 18.2. The number of carbonyl (C=O) groups is 3. The number of nitrogens with one attached hydrogen (secondary N) is 2. The molecule has 4 rings (SSSR count). The van der Waals surface area contributed by atoms with Crippen molar-refractivity contribution in [1.29, 1.82) is 0 Å². The van der Waals surface area contributed by atoms with Crippen LogP contribution in [0.2, 0.25) is 0 Å². The van der Waals surface area contributed by atoms with Gasteiger partial charge in [0, 0.05) is 17.0 Å². The summed E-state index contributed by atoms with van der Waals surface area (Å²) in [6.07, 6.45) is 4.05. The van der Waals surface area contributed by atoms with Crippen LogP contribution < -0.4 is 15.4 Å². The second-order valence-electron chi connectivity index (χ2n) is 11.1. The van der Waals surface area contributed by atoms with Gasteiger partial charge in [-0.15, -0.1) is 11.8 Å². The van der Waals surface area contributed by atoms with Gasteiger partial charge in [0.15, 0.2) is 0 Å². The van der Waals surface area contributed by atoms with Crippen molar-refractivity contribution in [2.24, 2.45) is 17.8 Å². The van der Waals surface area contributed by atoms with Crippen LogP contribution in [-0.4, -0.2) is 69.1 Å². The largest absolute Gasteiger partial charge is 0.494 e. The lowest BCUT2D eigenvalue weighted by molar-refractivity contribution is -0.143. The maximum atomic E-state index is 14.2. The van der Waals surface area contributed by atoms with Gasteiger partial charge in [0.05, 0.1) is 35.8 Å². The molecule has 3 heterocycles. The minimum atomic E-state index is -0.705. The molecule has 0 aromatic heterocycles. The minimum absolute atomic E-state index is 0.0147. The first kappa shape index (κ1) is 28.7. The van der Waals surface area contributed by atoms with Gasteiger partial charge in [-0.05, 0) is 63.3 Å². The molecule has 1 aromatic carbocycles. The highest BCUT2D eigenvalue weighted by molar-refractivity contribution is 8.02. The highest BCUT2D eigenvalue weighted by Crippen LogP contribution is 2.66. The Bertz CT molecular complexity index is 1020. The average molecular weight is 546 g/mol. The van der Waals surface area contributed by atoms with Crippen LogP contribution in [0.1, 0.15) is 66.7 Å². The van der Waals surface area contributed by atoms with Crippen molar-refractivity contribution in [2.45, 2.75) is 94.8 Å². The second-order valence-corrected chi connectivity index (χ2v) is 12.7. The molecule has 2 bridgehead atoms. The van der Waals surface area contributed by atoms with Crippen molar-refractivity contribution >= 4 is 35.2 Å². The maximum absolute atomic E-state index is 14.2. The zero-order valence-electron chi connectivity index (χ0n) is 23.2. The summed E-state index contributed by atoms with van der Waals surface area (Å²) in [6, 6.07) is 6.04. The normalized spacial score (nSPS) is 30.1. The van der Waals surface area contributed by atoms with Crippen molar-refractivity contribution in [3.8, 4) is 5.75 Å². The third kappa shape index (κ3) is 5.04. The van der Waals surface area contributed by atoms with Crippen LogP contribution in [0.5, 0.6) is 5.75 Å². The van der Waals surface area contributed by atoms with Crippen LogP contribution in [0.4, 0.5) is 5.69 Å². The number of anilines is 1. The van der Waals surface area contributed by atoms with E-state index in [1.807, 2.05) is 39.8 Å². The summed E-state index contributed by atoms with van der Waals surface area (Å²) >= 11 is 1.65. The van der Waals surface area contributed by atoms with E-state index in [0.717, 1.165) is 31.4 Å². The minimum Gasteiger partial charge on any atom is -0.494 e. The summed E-state index contributed by atoms with van der Waals surface area (Å²) in [5.74, 6) is -0.898. The summed E-state index contributed by atoms with van der Waals surface area (Å²) in [6.45, 7) is 10.4. The van der Waals surface area contributed by atoms with Gasteiger partial charge >= 0.3 is 0 Å². The number of aliphatic hydroxyl groups is 1. The van der Waals surface area contributed by atoms with Crippen molar-refractivity contribution in [2.75, 3.05) is 18.5 Å². The van der Waals surface area contributed by atoms with E-state index in [1.54, 1.807) is 28.8 Å². The van der Waals surface area contributed by atoms with Crippen LogP contribution in [0.15, 0.2) is 24.3 Å². The Labute approximate surface area is 230 Å². The number of amides is 3. The van der Waals surface area contributed by atoms with E-state index in [0.29, 0.717) is 18.7 Å². The number of ether oxygens (including phenoxy) is 1. The highest BCUT2D eigenvalue weighted by atomic mass is 32.2. The van der Waals surface area contributed by atoms with Gasteiger partial charge in [-0.1, -0.05) is 33.6 Å². The number of aliphatic hydroxyl groups excluding tert-OH is 1. The second kappa shape index (κ2) is 11.9. The zero-order valence-corrected chi connectivity index (χ0v) is 24.1. The smallest absolute Gasteiger partial charge is 0.244 e. The van der Waals surface area contributed by atoms with Crippen molar-refractivity contribution in [3.05, 3.63) is 24.3 Å². The first-order valence-electron chi connectivity index (χ1n) is 14.2. The molecular weight excluding hydrogens is 502 g/mol. The number of hydrogen-bond donors (Lipinski definition) is 3. The molecule has 3 fully saturated rings. The molecule has 1 aromatic rings. The van der Waals surface area contributed by atoms with E-state index >= 15 is 0 Å². The van der Waals surface area contributed by atoms with Crippen molar-refractivity contribution < 1.29 is 24.2 Å². The predicted molar refractivity (Wildman–Crippen MR) is 150 cm³/mol. The van der Waals surface area contributed by atoms with Crippen LogP contribution in [-0.2, 0) is 14.4 Å². The molecule has 0 aliphatic carbocycles. The van der Waals surface area contributed by atoms with Crippen LogP contribution in [0.25, 0.3) is 0 Å². The van der Waals surface area contributed by atoms with E-state index < -0.39 is 28.7 Å². The molecule has 3 N–H and O–H groups in total. The number of hydrogen-bond acceptors (Lipinski definition) is 6. The summed E-state index contributed by atoms with van der Waals surface area (Å²) < 4.78 is 4.83. The molecule has 3 amide bonds. The molecule has 3 aliphatic rings. The molecule has 3 aliphatic heterocycles. The first-order valence-corrected chi connectivity index (χ1v) is 15.0. The standard InChI is InChI=1S/C29H43N3O5S/c1-6-9-18(5)30-27(35)25-29-15-14-22(38-29)23(24(29)28(36)32(25)21(16-33)17(4)7-2)26(34)31-19-10-12-20(13-11-19)37-8-3/h10-13,17-18,21-25,33H,6-9,14-16H2,1-5H3,(H,30,35)(H,31,34)/t17-,18?,21-,22+,23-,24-,25?,29?/m0/s1. The van der Waals surface area contributed by atoms with E-state index in [9.17, 15) is 19.5 Å². The van der Waals surface area contributed by atoms with Gasteiger partial charge in [-0.25, -0.2) is 0 Å². The number of rotatable bonds is 12. The van der Waals surface area contributed by atoms with Gasteiger partial charge in [0.25, 0.3) is 0 Å². The van der Waals surface area contributed by atoms with Crippen LogP contribution >= 0.6 is 11.8 Å². The molecule has 0 radical (unpaired) electrons. The Kier molecular flexibility index (Phi) is 8.97. The Morgan fingerprint density at radius 3 is 2.50 bits per heavy atom. The lowest BCUT2D eigenvalue weighted by atomic mass is 9.70. The number of benzene rings is 1. The fraction of sp³-hybridized carbons (Fsp3) is 0.690. The van der Waals surface area contributed by atoms with Gasteiger partial charge in [0.1, 0.15) is 11.8 Å². The van der Waals surface area contributed by atoms with Crippen molar-refractivity contribution in [3.63, 3.8) is 0 Å². The van der Waals surface area contributed by atoms with E-state index in [4.69, 9.17) is 4.74 Å². The fourth-order valence-corrected chi connectivity index (χ4v) is 8.92. The third-order valence-electron chi connectivity index (χ3n) is 8.68. The summed E-state index contributed by atoms with van der Waals surface area (Å²) in [5, 5.41) is 16.6. The molecule has 0 saturated carbocycles. The fourth-order valence-electron chi connectivity index (χ4n) is 6.72. The van der Waals surface area contributed by atoms with E-state index in [2.05, 4.69) is 17.6 Å². The molecule has 38 heavy (non-hydrogen) atoms. The molecule has 3 saturated heterocycles. The number of thioether (sulfide) groups is 1. The third-order valence-corrected chi connectivity index (χ3v) is 10.6. The summed E-state index contributed by atoms with van der Waals surface area (Å²) in [4.78, 5) is 43.5. The SMILES string of the molecule is CCCC(C)NC(=O)C1N([C@@H](CO)[C@@H](C)CC)C(=O)[C@@H]2[C@@H](C(=O)Nc3ccc(OCC)cc3)[C@H]3CCC12S3. The zero-order chi connectivity index (χ0) is 27.6. The quantitative estimate of drug-likeness (QED) is 0.369. The Balaban J connectivity index is 1.66. The maximum Gasteiger partial charge on any atom is 0.244 e. The number of fused-ring (bicyclic) bond motifs is 1. The molecule has 9 heteroatoms. The van der Waals surface area contributed by atoms with E-state index in [-0.39, 0.29) is 41.5 Å². The van der Waals surface area contributed by atoms with Crippen LogP contribution in [0.3, 0.4) is 0 Å². The summed E-state index contributed by atoms with van der Waals surface area (Å²) in [7, 11) is 0. The molecular formula is C29H43N3O5S. The van der Waals surface area contributed by atoms with Gasteiger partial charge in [-0.2, -0.15) is 0 Å². The van der Waals surface area contributed by atoms with Gasteiger partial charge in [0.2, 0.25) is 17.7 Å². The van der Waals surface area contributed by atoms with Gasteiger partial charge in [-0.3, -0.25) is 14.4 Å². The van der Waals surface area contributed by atoms with Gasteiger partial charge < -0.3 is 25.4 Å². The molecule has 8 atom stereocenters. The predicted octanol–water partition coefficient (Wildman–Crippen LogP) is 3.83. The molecule has 3 unspecified atom stereocenters. The van der Waals surface area contributed by atoms with Crippen molar-refractivity contribution in [1.82, 2.24) is 10.2 Å². The Morgan fingerprint density at radius 1 is 1.18 bits per heavy atom. The highest BCUT2D eigenvalue weighted by Gasteiger charge is 2.74. The summed E-state index contributed by atoms with van der Waals surface area (Å²) in [5.41, 5.74) is 0.651. The monoisotopic (exact) mass is 545 g/mol. The lowest BCUT2D eigenvalue weighted by Crippen LogP contribution is -2.58. The molecule has 210 valence electrons. The average Bonchev–Trinajstić information content (AvgIpc) is 3.53. The Morgan fingerprint density at radius 2 is 1.89 bits per heavy atom. The lowest BCUT2D eigenvalue weighted by Gasteiger charge is -2.39. The molecule has 1 spiro atoms. The number of nitrogens with zero attached hydrogens (tertiary/aromatic N) is 1. The number of likely N-dealkylation sites (tertiary alicyclic amines) is 1. The van der Waals surface area contributed by atoms with Crippen LogP contribution in [0, 0.1) is 17.8 Å². The molecule has 8 nitrogen and oxygen atoms in total. The number of carbonyl (C=O) groups excluding carboxylic acids is 3. The van der Waals surface area contributed by atoms with E-state index in [1.165, 1.54) is 0 Å². The topological polar surface area (TPSA) is 108 Å². The Hall–Kier alpha value is -2.26.